The van der Waals surface area contributed by atoms with Gasteiger partial charge >= 0.3 is 0 Å². The molecule has 0 amide bonds. The molecule has 2 unspecified atom stereocenters. The summed E-state index contributed by atoms with van der Waals surface area (Å²) in [6.45, 7) is 5.26. The van der Waals surface area contributed by atoms with Crippen LogP contribution in [0.3, 0.4) is 0 Å². The third-order valence-electron chi connectivity index (χ3n) is 2.78. The third-order valence-corrected chi connectivity index (χ3v) is 2.78. The van der Waals surface area contributed by atoms with Crippen molar-refractivity contribution in [2.45, 2.75) is 33.1 Å². The van der Waals surface area contributed by atoms with Gasteiger partial charge in [0.25, 0.3) is 6.04 Å². The Morgan fingerprint density at radius 1 is 1.47 bits per heavy atom. The maximum atomic E-state index is 11.5. The number of aryl methyl sites for hydroxylation is 2. The summed E-state index contributed by atoms with van der Waals surface area (Å²) in [5, 5.41) is 15.2. The lowest BCUT2D eigenvalue weighted by atomic mass is 10.1. The molecule has 0 aliphatic carbocycles. The van der Waals surface area contributed by atoms with Gasteiger partial charge in [0.1, 0.15) is 6.29 Å². The van der Waals surface area contributed by atoms with E-state index in [4.69, 9.17) is 0 Å². The molecule has 0 N–H and O–H groups in total. The minimum Gasteiger partial charge on any atom is -0.814 e. The van der Waals surface area contributed by atoms with Crippen molar-refractivity contribution in [1.29, 1.82) is 0 Å². The number of carbonyl (C=O) groups is 1. The van der Waals surface area contributed by atoms with Crippen LogP contribution in [-0.2, 0) is 9.63 Å². The molecule has 0 bridgehead atoms. The zero-order valence-electron chi connectivity index (χ0n) is 10.0. The maximum absolute atomic E-state index is 11.5. The average Bonchev–Trinajstić information content (AvgIpc) is 2.60. The van der Waals surface area contributed by atoms with E-state index in [1.165, 1.54) is 11.6 Å². The Hall–Kier alpha value is -1.75. The number of carbonyl (C=O) groups excluding carboxylic acids is 1. The molecule has 1 aromatic rings. The highest BCUT2D eigenvalue weighted by Crippen LogP contribution is 2.26. The molecule has 90 valence electrons. The van der Waals surface area contributed by atoms with Crippen molar-refractivity contribution in [3.8, 4) is 0 Å². The van der Waals surface area contributed by atoms with Gasteiger partial charge < -0.3 is 9.94 Å². The lowest BCUT2D eigenvalue weighted by Crippen LogP contribution is -2.44. The highest BCUT2D eigenvalue weighted by atomic mass is 16.7. The average molecular weight is 234 g/mol. The number of rotatable bonds is 2. The molecule has 0 radical (unpaired) electrons. The summed E-state index contributed by atoms with van der Waals surface area (Å²) in [6.07, 6.45) is -1.45. The van der Waals surface area contributed by atoms with Gasteiger partial charge in [-0.3, -0.25) is 4.79 Å². The first-order valence-corrected chi connectivity index (χ1v) is 5.40. The van der Waals surface area contributed by atoms with Crippen molar-refractivity contribution >= 4 is 11.5 Å². The minimum atomic E-state index is -1.45. The van der Waals surface area contributed by atoms with E-state index in [2.05, 4.69) is 10.1 Å². The molecule has 0 saturated carbocycles. The zero-order valence-corrected chi connectivity index (χ0v) is 10.0. The van der Waals surface area contributed by atoms with Gasteiger partial charge in [-0.25, -0.2) is 0 Å². The molecule has 2 rings (SSSR count). The fraction of sp³-hybridized carbons (Fsp3) is 0.417. The quantitative estimate of drug-likeness (QED) is 0.717. The van der Waals surface area contributed by atoms with Crippen molar-refractivity contribution in [2.75, 3.05) is 0 Å². The van der Waals surface area contributed by atoms with Crippen molar-refractivity contribution in [1.82, 2.24) is 0 Å². The summed E-state index contributed by atoms with van der Waals surface area (Å²) >= 11 is 0. The van der Waals surface area contributed by atoms with Gasteiger partial charge in [-0.1, -0.05) is 11.6 Å². The van der Waals surface area contributed by atoms with Gasteiger partial charge in [0, 0.05) is 18.6 Å². The SMILES string of the molecule is CC(=O)C1C([O-])ON=[N+]1c1ccc(C)cc1C. The van der Waals surface area contributed by atoms with Crippen LogP contribution in [0.2, 0.25) is 0 Å². The highest BCUT2D eigenvalue weighted by Gasteiger charge is 2.40. The second-order valence-corrected chi connectivity index (χ2v) is 4.25. The number of ketones is 1. The molecule has 5 heteroatoms. The molecule has 0 aromatic heterocycles. The van der Waals surface area contributed by atoms with Crippen molar-refractivity contribution in [3.63, 3.8) is 0 Å². The van der Waals surface area contributed by atoms with Crippen LogP contribution < -0.4 is 5.11 Å². The Labute approximate surface area is 99.3 Å². The lowest BCUT2D eigenvalue weighted by molar-refractivity contribution is -0.561. The fourth-order valence-electron chi connectivity index (χ4n) is 1.94. The van der Waals surface area contributed by atoms with E-state index in [1.54, 1.807) is 0 Å². The van der Waals surface area contributed by atoms with Crippen molar-refractivity contribution in [2.24, 2.45) is 5.28 Å². The van der Waals surface area contributed by atoms with Gasteiger partial charge in [-0.2, -0.15) is 0 Å². The number of benzene rings is 1. The van der Waals surface area contributed by atoms with E-state index < -0.39 is 12.3 Å². The van der Waals surface area contributed by atoms with Crippen LogP contribution in [-0.4, -0.2) is 22.8 Å². The predicted molar refractivity (Wildman–Crippen MR) is 57.6 cm³/mol. The summed E-state index contributed by atoms with van der Waals surface area (Å²) in [6, 6.07) is 4.84. The summed E-state index contributed by atoms with van der Waals surface area (Å²) in [5.74, 6) is -0.244. The van der Waals surface area contributed by atoms with Crippen LogP contribution in [0.15, 0.2) is 23.5 Å². The number of hydrogen-bond acceptors (Lipinski definition) is 4. The van der Waals surface area contributed by atoms with Crippen molar-refractivity contribution in [3.05, 3.63) is 29.3 Å². The Balaban J connectivity index is 2.43. The first-order valence-electron chi connectivity index (χ1n) is 5.40. The third kappa shape index (κ3) is 2.06. The molecule has 1 aliphatic heterocycles. The molecule has 17 heavy (non-hydrogen) atoms. The second-order valence-electron chi connectivity index (χ2n) is 4.25. The van der Waals surface area contributed by atoms with Gasteiger partial charge in [0.05, 0.1) is 0 Å². The number of hydrogen-bond donors (Lipinski definition) is 0. The van der Waals surface area contributed by atoms with E-state index in [0.717, 1.165) is 16.8 Å². The van der Waals surface area contributed by atoms with Crippen LogP contribution in [0.4, 0.5) is 5.69 Å². The molecule has 2 atom stereocenters. The van der Waals surface area contributed by atoms with E-state index in [-0.39, 0.29) is 5.78 Å². The van der Waals surface area contributed by atoms with E-state index in [0.29, 0.717) is 0 Å². The normalized spacial score (nSPS) is 23.2. The van der Waals surface area contributed by atoms with Crippen LogP contribution in [0.25, 0.3) is 0 Å². The van der Waals surface area contributed by atoms with Gasteiger partial charge in [0.15, 0.2) is 5.28 Å². The summed E-state index contributed by atoms with van der Waals surface area (Å²) in [4.78, 5) is 16.1. The first kappa shape index (κ1) is 11.7. The molecule has 5 nitrogen and oxygen atoms in total. The molecule has 1 heterocycles. The molecule has 1 aliphatic rings. The maximum Gasteiger partial charge on any atom is 0.269 e. The zero-order chi connectivity index (χ0) is 12.6. The number of Topliss-reactive ketones (excluding diaryl/α,β-unsaturated/α-hetero) is 1. The topological polar surface area (TPSA) is 64.7 Å². The fourth-order valence-corrected chi connectivity index (χ4v) is 1.94. The summed E-state index contributed by atoms with van der Waals surface area (Å²) in [5.41, 5.74) is 2.80. The second kappa shape index (κ2) is 4.25. The molecule has 0 fully saturated rings. The molecule has 0 saturated heterocycles. The first-order chi connectivity index (χ1) is 8.00. The predicted octanol–water partition coefficient (Wildman–Crippen LogP) is 0.989. The Kier molecular flexibility index (Phi) is 2.93. The highest BCUT2D eigenvalue weighted by molar-refractivity contribution is 5.80. The van der Waals surface area contributed by atoms with E-state index in [9.17, 15) is 9.90 Å². The summed E-state index contributed by atoms with van der Waals surface area (Å²) in [7, 11) is 0. The largest absolute Gasteiger partial charge is 0.814 e. The van der Waals surface area contributed by atoms with E-state index >= 15 is 0 Å². The Bertz CT molecular complexity index is 497. The smallest absolute Gasteiger partial charge is 0.269 e. The van der Waals surface area contributed by atoms with Gasteiger partial charge in [-0.15, -0.1) is 0 Å². The Morgan fingerprint density at radius 3 is 2.76 bits per heavy atom. The minimum absolute atomic E-state index is 0.244. The van der Waals surface area contributed by atoms with Crippen LogP contribution >= 0.6 is 0 Å². The molecule has 0 spiro atoms. The lowest BCUT2D eigenvalue weighted by Gasteiger charge is -2.13. The van der Waals surface area contributed by atoms with Crippen LogP contribution in [0.5, 0.6) is 0 Å². The molecule has 1 aromatic carbocycles. The van der Waals surface area contributed by atoms with Crippen LogP contribution in [0, 0.1) is 13.8 Å². The summed E-state index contributed by atoms with van der Waals surface area (Å²) < 4.78 is 1.37. The number of nitrogens with zero attached hydrogens (tertiary/aromatic N) is 2. The molecular formula is C12H14N2O3. The Morgan fingerprint density at radius 2 is 2.18 bits per heavy atom. The van der Waals surface area contributed by atoms with E-state index in [1.807, 2.05) is 32.0 Å². The van der Waals surface area contributed by atoms with Gasteiger partial charge in [-0.05, 0) is 24.6 Å². The molecular weight excluding hydrogens is 220 g/mol. The van der Waals surface area contributed by atoms with Crippen molar-refractivity contribution < 1.29 is 19.4 Å². The van der Waals surface area contributed by atoms with Gasteiger partial charge in [0.2, 0.25) is 11.5 Å². The standard InChI is InChI=1S/C12H14N2O3/c1-7-4-5-10(8(2)6-7)14-11(9(3)15)12(16)17-13-14/h4-6,11-12H,1-3H3. The van der Waals surface area contributed by atoms with Crippen LogP contribution in [0.1, 0.15) is 18.1 Å². The monoisotopic (exact) mass is 234 g/mol.